The number of nitrogens with zero attached hydrogens (tertiary/aromatic N) is 1. The molecule has 0 N–H and O–H groups in total. The average molecular weight is 175 g/mol. The molecule has 13 heavy (non-hydrogen) atoms. The third-order valence-corrected chi connectivity index (χ3v) is 2.05. The van der Waals surface area contributed by atoms with Crippen LogP contribution < -0.4 is 0 Å². The van der Waals surface area contributed by atoms with Gasteiger partial charge < -0.3 is 4.57 Å². The van der Waals surface area contributed by atoms with Gasteiger partial charge >= 0.3 is 0 Å². The standard InChI is InChI=1S/C12H17N/c1-4-7-11-9-10-13(6-3)12(11)8-5-2/h4-5,7-10H,6H2,1-3H3/b7-4-,8-5-. The van der Waals surface area contributed by atoms with Gasteiger partial charge in [-0.2, -0.15) is 0 Å². The third-order valence-electron chi connectivity index (χ3n) is 2.05. The molecule has 0 aliphatic rings. The second kappa shape index (κ2) is 4.70. The lowest BCUT2D eigenvalue weighted by Gasteiger charge is -2.02. The first-order valence-corrected chi connectivity index (χ1v) is 4.78. The van der Waals surface area contributed by atoms with Crippen LogP contribution in [0.1, 0.15) is 32.0 Å². The molecule has 0 spiro atoms. The van der Waals surface area contributed by atoms with E-state index in [2.05, 4.69) is 48.1 Å². The van der Waals surface area contributed by atoms with Crippen molar-refractivity contribution in [2.45, 2.75) is 27.3 Å². The van der Waals surface area contributed by atoms with Gasteiger partial charge in [-0.15, -0.1) is 0 Å². The SMILES string of the molecule is C/C=C\c1ccn(CC)c1/C=C\C. The minimum absolute atomic E-state index is 1.03. The highest BCUT2D eigenvalue weighted by molar-refractivity contribution is 5.63. The zero-order valence-corrected chi connectivity index (χ0v) is 8.62. The van der Waals surface area contributed by atoms with Gasteiger partial charge in [0, 0.05) is 18.4 Å². The van der Waals surface area contributed by atoms with Crippen LogP contribution in [-0.2, 0) is 6.54 Å². The van der Waals surface area contributed by atoms with E-state index in [1.165, 1.54) is 11.3 Å². The predicted octanol–water partition coefficient (Wildman–Crippen LogP) is 3.57. The Bertz CT molecular complexity index is 316. The lowest BCUT2D eigenvalue weighted by Crippen LogP contribution is -1.94. The van der Waals surface area contributed by atoms with Crippen molar-refractivity contribution in [2.24, 2.45) is 0 Å². The highest BCUT2D eigenvalue weighted by atomic mass is 15.0. The van der Waals surface area contributed by atoms with E-state index in [1.54, 1.807) is 0 Å². The van der Waals surface area contributed by atoms with E-state index in [4.69, 9.17) is 0 Å². The first-order valence-electron chi connectivity index (χ1n) is 4.78. The fourth-order valence-electron chi connectivity index (χ4n) is 1.45. The van der Waals surface area contributed by atoms with Gasteiger partial charge in [0.05, 0.1) is 0 Å². The Morgan fingerprint density at radius 1 is 1.23 bits per heavy atom. The molecule has 0 atom stereocenters. The molecule has 0 saturated heterocycles. The first kappa shape index (κ1) is 9.85. The van der Waals surface area contributed by atoms with Gasteiger partial charge in [0.1, 0.15) is 0 Å². The lowest BCUT2D eigenvalue weighted by molar-refractivity contribution is 0.761. The molecule has 1 aromatic rings. The maximum absolute atomic E-state index is 2.25. The molecule has 1 rings (SSSR count). The van der Waals surface area contributed by atoms with Crippen molar-refractivity contribution in [1.82, 2.24) is 4.57 Å². The molecule has 0 radical (unpaired) electrons. The maximum Gasteiger partial charge on any atom is 0.0476 e. The van der Waals surface area contributed by atoms with Crippen LogP contribution in [0.5, 0.6) is 0 Å². The molecule has 0 aliphatic carbocycles. The minimum Gasteiger partial charge on any atom is -0.348 e. The van der Waals surface area contributed by atoms with Crippen molar-refractivity contribution in [1.29, 1.82) is 0 Å². The zero-order valence-electron chi connectivity index (χ0n) is 8.62. The van der Waals surface area contributed by atoms with Crippen LogP contribution in [0.25, 0.3) is 12.2 Å². The smallest absolute Gasteiger partial charge is 0.0476 e. The average Bonchev–Trinajstić information content (AvgIpc) is 2.50. The van der Waals surface area contributed by atoms with Crippen LogP contribution in [0.2, 0.25) is 0 Å². The van der Waals surface area contributed by atoms with Crippen molar-refractivity contribution < 1.29 is 0 Å². The zero-order chi connectivity index (χ0) is 9.68. The Labute approximate surface area is 80.4 Å². The van der Waals surface area contributed by atoms with Gasteiger partial charge in [0.15, 0.2) is 0 Å². The number of aryl methyl sites for hydroxylation is 1. The van der Waals surface area contributed by atoms with Gasteiger partial charge in [0.2, 0.25) is 0 Å². The van der Waals surface area contributed by atoms with Gasteiger partial charge in [0.25, 0.3) is 0 Å². The summed E-state index contributed by atoms with van der Waals surface area (Å²) in [4.78, 5) is 0. The molecule has 0 saturated carbocycles. The quantitative estimate of drug-likeness (QED) is 0.661. The molecule has 1 aromatic heterocycles. The van der Waals surface area contributed by atoms with E-state index in [0.29, 0.717) is 0 Å². The summed E-state index contributed by atoms with van der Waals surface area (Å²) in [5, 5.41) is 0. The Kier molecular flexibility index (Phi) is 3.56. The summed E-state index contributed by atoms with van der Waals surface area (Å²) in [7, 11) is 0. The topological polar surface area (TPSA) is 4.93 Å². The van der Waals surface area contributed by atoms with Crippen LogP contribution in [0.4, 0.5) is 0 Å². The van der Waals surface area contributed by atoms with E-state index < -0.39 is 0 Å². The summed E-state index contributed by atoms with van der Waals surface area (Å²) in [6, 6.07) is 2.15. The van der Waals surface area contributed by atoms with E-state index >= 15 is 0 Å². The molecule has 1 heteroatoms. The molecular formula is C12H17N. The summed E-state index contributed by atoms with van der Waals surface area (Å²) in [5.74, 6) is 0. The van der Waals surface area contributed by atoms with Crippen molar-refractivity contribution in [3.8, 4) is 0 Å². The van der Waals surface area contributed by atoms with E-state index in [-0.39, 0.29) is 0 Å². The van der Waals surface area contributed by atoms with Crippen LogP contribution >= 0.6 is 0 Å². The molecular weight excluding hydrogens is 158 g/mol. The molecule has 1 heterocycles. The molecule has 0 aliphatic heterocycles. The summed E-state index contributed by atoms with van der Waals surface area (Å²) in [6.45, 7) is 7.28. The number of hydrogen-bond acceptors (Lipinski definition) is 0. The Morgan fingerprint density at radius 3 is 2.46 bits per heavy atom. The summed E-state index contributed by atoms with van der Waals surface area (Å²) >= 11 is 0. The maximum atomic E-state index is 2.25. The van der Waals surface area contributed by atoms with Gasteiger partial charge in [-0.1, -0.05) is 18.2 Å². The molecule has 0 bridgehead atoms. The van der Waals surface area contributed by atoms with E-state index in [1.807, 2.05) is 13.8 Å². The molecule has 0 amide bonds. The Morgan fingerprint density at radius 2 is 1.92 bits per heavy atom. The van der Waals surface area contributed by atoms with Gasteiger partial charge in [-0.05, 0) is 38.5 Å². The fraction of sp³-hybridized carbons (Fsp3) is 0.333. The van der Waals surface area contributed by atoms with Crippen LogP contribution in [0.3, 0.4) is 0 Å². The normalized spacial score (nSPS) is 11.9. The van der Waals surface area contributed by atoms with Gasteiger partial charge in [-0.3, -0.25) is 0 Å². The van der Waals surface area contributed by atoms with E-state index in [9.17, 15) is 0 Å². The number of rotatable bonds is 3. The second-order valence-corrected chi connectivity index (χ2v) is 2.94. The number of allylic oxidation sites excluding steroid dienone is 2. The molecule has 0 unspecified atom stereocenters. The summed E-state index contributed by atoms with van der Waals surface area (Å²) < 4.78 is 2.25. The minimum atomic E-state index is 1.03. The molecule has 70 valence electrons. The van der Waals surface area contributed by atoms with E-state index in [0.717, 1.165) is 6.54 Å². The Hall–Kier alpha value is -1.24. The molecule has 0 aromatic carbocycles. The highest BCUT2D eigenvalue weighted by Gasteiger charge is 2.00. The fourth-order valence-corrected chi connectivity index (χ4v) is 1.45. The second-order valence-electron chi connectivity index (χ2n) is 2.94. The van der Waals surface area contributed by atoms with Gasteiger partial charge in [-0.25, -0.2) is 0 Å². The first-order chi connectivity index (χ1) is 6.33. The molecule has 0 fully saturated rings. The van der Waals surface area contributed by atoms with Crippen molar-refractivity contribution in [3.05, 3.63) is 35.7 Å². The van der Waals surface area contributed by atoms with Crippen LogP contribution in [0, 0.1) is 0 Å². The van der Waals surface area contributed by atoms with Crippen LogP contribution in [-0.4, -0.2) is 4.57 Å². The summed E-state index contributed by atoms with van der Waals surface area (Å²) in [6.07, 6.45) is 10.6. The highest BCUT2D eigenvalue weighted by Crippen LogP contribution is 2.14. The predicted molar refractivity (Wildman–Crippen MR) is 59.5 cm³/mol. The molecule has 1 nitrogen and oxygen atoms in total. The van der Waals surface area contributed by atoms with Crippen molar-refractivity contribution in [3.63, 3.8) is 0 Å². The summed E-state index contributed by atoms with van der Waals surface area (Å²) in [5.41, 5.74) is 2.59. The Balaban J connectivity index is 3.13. The number of aromatic nitrogens is 1. The monoisotopic (exact) mass is 175 g/mol. The number of hydrogen-bond donors (Lipinski definition) is 0. The van der Waals surface area contributed by atoms with Crippen LogP contribution in [0.15, 0.2) is 24.4 Å². The lowest BCUT2D eigenvalue weighted by atomic mass is 10.2. The van der Waals surface area contributed by atoms with Crippen molar-refractivity contribution in [2.75, 3.05) is 0 Å². The van der Waals surface area contributed by atoms with Crippen molar-refractivity contribution >= 4 is 12.2 Å². The largest absolute Gasteiger partial charge is 0.348 e. The third kappa shape index (κ3) is 2.11.